The van der Waals surface area contributed by atoms with Crippen molar-refractivity contribution in [3.05, 3.63) is 0 Å². The van der Waals surface area contributed by atoms with Gasteiger partial charge in [-0.05, 0) is 25.7 Å². The standard InChI is InChI=1S/C14H24O3S/c15-18-16-13(9-5-1-2-6-10-13)14(17-18)11-7-3-4-8-12-14/h1-12H2. The molecule has 3 fully saturated rings. The molecule has 0 atom stereocenters. The molecule has 3 aliphatic rings. The zero-order valence-electron chi connectivity index (χ0n) is 11.1. The minimum absolute atomic E-state index is 0.237. The molecule has 0 aromatic rings. The molecule has 3 nitrogen and oxygen atoms in total. The van der Waals surface area contributed by atoms with Gasteiger partial charge in [0.15, 0.2) is 0 Å². The molecule has 0 aromatic heterocycles. The van der Waals surface area contributed by atoms with Crippen molar-refractivity contribution in [3.63, 3.8) is 0 Å². The van der Waals surface area contributed by atoms with Crippen LogP contribution in [0.15, 0.2) is 0 Å². The van der Waals surface area contributed by atoms with Gasteiger partial charge in [0.1, 0.15) is 11.2 Å². The summed E-state index contributed by atoms with van der Waals surface area (Å²) in [5.41, 5.74) is -0.475. The minimum Gasteiger partial charge on any atom is -0.259 e. The molecule has 0 aromatic carbocycles. The van der Waals surface area contributed by atoms with Crippen molar-refractivity contribution in [2.24, 2.45) is 0 Å². The van der Waals surface area contributed by atoms with E-state index < -0.39 is 11.4 Å². The van der Waals surface area contributed by atoms with Crippen molar-refractivity contribution in [1.82, 2.24) is 0 Å². The zero-order chi connectivity index (χ0) is 12.5. The first-order valence-corrected chi connectivity index (χ1v) is 8.57. The Bertz CT molecular complexity index is 283. The third kappa shape index (κ3) is 2.16. The van der Waals surface area contributed by atoms with Crippen LogP contribution < -0.4 is 0 Å². The molecular formula is C14H24O3S. The number of fused-ring (bicyclic) bond motifs is 1. The van der Waals surface area contributed by atoms with Gasteiger partial charge in [0.2, 0.25) is 0 Å². The fourth-order valence-electron chi connectivity index (χ4n) is 4.11. The lowest BCUT2D eigenvalue weighted by Gasteiger charge is -2.40. The molecule has 2 spiro atoms. The average molecular weight is 272 g/mol. The van der Waals surface area contributed by atoms with Crippen molar-refractivity contribution in [1.29, 1.82) is 0 Å². The van der Waals surface area contributed by atoms with Gasteiger partial charge < -0.3 is 0 Å². The molecule has 0 N–H and O–H groups in total. The van der Waals surface area contributed by atoms with Gasteiger partial charge in [0.05, 0.1) is 0 Å². The first kappa shape index (κ1) is 13.1. The lowest BCUT2D eigenvalue weighted by molar-refractivity contribution is -0.0691. The number of rotatable bonds is 0. The quantitative estimate of drug-likeness (QED) is 0.673. The van der Waals surface area contributed by atoms with Crippen molar-refractivity contribution in [2.75, 3.05) is 0 Å². The summed E-state index contributed by atoms with van der Waals surface area (Å²) in [4.78, 5) is 0. The minimum atomic E-state index is -1.51. The second-order valence-corrected chi connectivity index (χ2v) is 6.93. The van der Waals surface area contributed by atoms with Gasteiger partial charge in [-0.15, -0.1) is 0 Å². The first-order chi connectivity index (χ1) is 8.77. The van der Waals surface area contributed by atoms with E-state index in [-0.39, 0.29) is 11.2 Å². The fraction of sp³-hybridized carbons (Fsp3) is 1.00. The summed E-state index contributed by atoms with van der Waals surface area (Å²) in [6.07, 6.45) is 14.1. The second-order valence-electron chi connectivity index (χ2n) is 6.19. The lowest BCUT2D eigenvalue weighted by Crippen LogP contribution is -2.51. The van der Waals surface area contributed by atoms with Gasteiger partial charge >= 0.3 is 11.4 Å². The topological polar surface area (TPSA) is 35.5 Å². The van der Waals surface area contributed by atoms with E-state index in [0.717, 1.165) is 25.7 Å². The van der Waals surface area contributed by atoms with E-state index in [1.165, 1.54) is 51.4 Å². The Balaban J connectivity index is 1.90. The van der Waals surface area contributed by atoms with Crippen molar-refractivity contribution in [2.45, 2.75) is 88.3 Å². The second kappa shape index (κ2) is 5.22. The summed E-state index contributed by atoms with van der Waals surface area (Å²) < 4.78 is 23.6. The molecule has 2 aliphatic carbocycles. The molecule has 18 heavy (non-hydrogen) atoms. The Morgan fingerprint density at radius 1 is 0.611 bits per heavy atom. The molecule has 2 saturated carbocycles. The van der Waals surface area contributed by atoms with Gasteiger partial charge in [-0.1, -0.05) is 51.4 Å². The summed E-state index contributed by atoms with van der Waals surface area (Å²) in [6.45, 7) is 0. The maximum atomic E-state index is 11.9. The monoisotopic (exact) mass is 272 g/mol. The Morgan fingerprint density at radius 3 is 1.28 bits per heavy atom. The molecule has 0 bridgehead atoms. The number of hydrogen-bond acceptors (Lipinski definition) is 3. The van der Waals surface area contributed by atoms with Crippen LogP contribution in [0.3, 0.4) is 0 Å². The van der Waals surface area contributed by atoms with Crippen LogP contribution >= 0.6 is 0 Å². The fourth-order valence-corrected chi connectivity index (χ4v) is 5.30. The normalized spacial score (nSPS) is 32.4. The summed E-state index contributed by atoms with van der Waals surface area (Å²) >= 11 is -1.51. The molecule has 1 aliphatic heterocycles. The van der Waals surface area contributed by atoms with Crippen LogP contribution in [-0.4, -0.2) is 15.4 Å². The van der Waals surface area contributed by atoms with Gasteiger partial charge in [0.25, 0.3) is 0 Å². The van der Waals surface area contributed by atoms with Crippen LogP contribution in [0.25, 0.3) is 0 Å². The molecule has 4 heteroatoms. The van der Waals surface area contributed by atoms with Gasteiger partial charge in [-0.3, -0.25) is 8.37 Å². The van der Waals surface area contributed by atoms with Crippen molar-refractivity contribution >= 4 is 11.4 Å². The molecule has 3 rings (SSSR count). The highest BCUT2D eigenvalue weighted by atomic mass is 32.2. The van der Waals surface area contributed by atoms with Crippen LogP contribution in [0.4, 0.5) is 0 Å². The zero-order valence-corrected chi connectivity index (χ0v) is 11.9. The molecule has 1 heterocycles. The SMILES string of the molecule is O=S1OC2(CCCCCC2)C2(CCCCCC2)O1. The first-order valence-electron chi connectivity index (χ1n) is 7.57. The van der Waals surface area contributed by atoms with E-state index in [4.69, 9.17) is 8.37 Å². The van der Waals surface area contributed by atoms with Crippen molar-refractivity contribution < 1.29 is 12.6 Å². The van der Waals surface area contributed by atoms with Crippen molar-refractivity contribution in [3.8, 4) is 0 Å². The molecule has 1 saturated heterocycles. The van der Waals surface area contributed by atoms with Crippen LogP contribution in [0.5, 0.6) is 0 Å². The van der Waals surface area contributed by atoms with E-state index in [1.807, 2.05) is 0 Å². The predicted molar refractivity (Wildman–Crippen MR) is 71.2 cm³/mol. The van der Waals surface area contributed by atoms with E-state index in [0.29, 0.717) is 0 Å². The molecule has 104 valence electrons. The van der Waals surface area contributed by atoms with E-state index in [1.54, 1.807) is 0 Å². The summed E-state index contributed by atoms with van der Waals surface area (Å²) in [5.74, 6) is 0. The maximum absolute atomic E-state index is 11.9. The molecule has 0 amide bonds. The average Bonchev–Trinajstić information content (AvgIpc) is 2.60. The van der Waals surface area contributed by atoms with Crippen LogP contribution in [0.1, 0.15) is 77.0 Å². The molecule has 0 unspecified atom stereocenters. The Kier molecular flexibility index (Phi) is 3.79. The van der Waals surface area contributed by atoms with E-state index in [2.05, 4.69) is 0 Å². The number of hydrogen-bond donors (Lipinski definition) is 0. The highest BCUT2D eigenvalue weighted by molar-refractivity contribution is 7.75. The highest BCUT2D eigenvalue weighted by Gasteiger charge is 2.60. The van der Waals surface area contributed by atoms with Gasteiger partial charge in [0, 0.05) is 0 Å². The summed E-state index contributed by atoms with van der Waals surface area (Å²) in [5, 5.41) is 0. The van der Waals surface area contributed by atoms with Crippen LogP contribution in [-0.2, 0) is 19.7 Å². The lowest BCUT2D eigenvalue weighted by atomic mass is 9.73. The largest absolute Gasteiger partial charge is 0.305 e. The van der Waals surface area contributed by atoms with Gasteiger partial charge in [-0.2, -0.15) is 4.21 Å². The highest BCUT2D eigenvalue weighted by Crippen LogP contribution is 2.52. The Labute approximate surface area is 112 Å². The smallest absolute Gasteiger partial charge is 0.259 e. The summed E-state index contributed by atoms with van der Waals surface area (Å²) in [7, 11) is 0. The molecule has 0 radical (unpaired) electrons. The van der Waals surface area contributed by atoms with E-state index >= 15 is 0 Å². The third-order valence-electron chi connectivity index (χ3n) is 5.11. The van der Waals surface area contributed by atoms with Crippen LogP contribution in [0, 0.1) is 0 Å². The Hall–Kier alpha value is 0.0700. The van der Waals surface area contributed by atoms with Crippen LogP contribution in [0.2, 0.25) is 0 Å². The molecular weight excluding hydrogens is 248 g/mol. The van der Waals surface area contributed by atoms with E-state index in [9.17, 15) is 4.21 Å². The predicted octanol–water partition coefficient (Wildman–Crippen LogP) is 3.80. The maximum Gasteiger partial charge on any atom is 0.305 e. The summed E-state index contributed by atoms with van der Waals surface area (Å²) in [6, 6.07) is 0. The third-order valence-corrected chi connectivity index (χ3v) is 6.02. The van der Waals surface area contributed by atoms with Gasteiger partial charge in [-0.25, -0.2) is 0 Å². The Morgan fingerprint density at radius 2 is 0.944 bits per heavy atom.